The van der Waals surface area contributed by atoms with Gasteiger partial charge in [0.25, 0.3) is 11.4 Å². The van der Waals surface area contributed by atoms with Crippen LogP contribution in [0, 0.1) is 42.7 Å². The molecule has 14 aromatic rings. The van der Waals surface area contributed by atoms with E-state index in [1.54, 1.807) is 6.07 Å². The second kappa shape index (κ2) is 22.9. The summed E-state index contributed by atoms with van der Waals surface area (Å²) in [6, 6.07) is 91.9. The van der Waals surface area contributed by atoms with Crippen molar-refractivity contribution in [1.82, 2.24) is 0 Å². The summed E-state index contributed by atoms with van der Waals surface area (Å²) in [7, 11) is 0. The molecule has 0 atom stereocenters. The Bertz CT molecular complexity index is 5430. The lowest BCUT2D eigenvalue weighted by Gasteiger charge is -2.26. The van der Waals surface area contributed by atoms with Crippen LogP contribution in [0.1, 0.15) is 27.8 Å². The van der Waals surface area contributed by atoms with Crippen molar-refractivity contribution in [3.63, 3.8) is 0 Å². The highest BCUT2D eigenvalue weighted by molar-refractivity contribution is 6.13. The predicted octanol–water partition coefficient (Wildman–Crippen LogP) is 22.9. The number of para-hydroxylation sites is 4. The van der Waals surface area contributed by atoms with Gasteiger partial charge < -0.3 is 18.5 Å². The molecule has 0 fully saturated rings. The third-order valence-electron chi connectivity index (χ3n) is 17.3. The Balaban J connectivity index is 0.000000171. The monoisotopic (exact) mass is 1210 g/mol. The Kier molecular flexibility index (Phi) is 13.9. The molecule has 93 heavy (non-hydrogen) atoms. The highest BCUT2D eigenvalue weighted by atomic mass is 19.4. The maximum absolute atomic E-state index is 12.9. The van der Waals surface area contributed by atoms with Crippen LogP contribution in [0.25, 0.3) is 131 Å². The predicted molar refractivity (Wildman–Crippen MR) is 363 cm³/mol. The van der Waals surface area contributed by atoms with Gasteiger partial charge in [0.05, 0.1) is 25.3 Å². The molecule has 0 unspecified atom stereocenters. The molecule has 0 bridgehead atoms. The summed E-state index contributed by atoms with van der Waals surface area (Å²) in [5.41, 5.74) is 21.9. The Morgan fingerprint density at radius 1 is 0.387 bits per heavy atom. The van der Waals surface area contributed by atoms with Crippen molar-refractivity contribution in [3.8, 4) is 84.6 Å². The Hall–Kier alpha value is -12.9. The van der Waals surface area contributed by atoms with Crippen molar-refractivity contribution in [3.05, 3.63) is 323 Å². The molecule has 0 aliphatic heterocycles. The summed E-state index contributed by atoms with van der Waals surface area (Å²) in [6.45, 7) is 16.9. The van der Waals surface area contributed by atoms with E-state index >= 15 is 0 Å². The number of furan rings is 2. The van der Waals surface area contributed by atoms with Crippen molar-refractivity contribution in [2.75, 3.05) is 4.90 Å². The zero-order valence-corrected chi connectivity index (χ0v) is 49.4. The van der Waals surface area contributed by atoms with Crippen molar-refractivity contribution < 1.29 is 26.7 Å². The first-order chi connectivity index (χ1) is 45.4. The first-order valence-corrected chi connectivity index (χ1v) is 29.8. The summed E-state index contributed by atoms with van der Waals surface area (Å²) >= 11 is 0. The van der Waals surface area contributed by atoms with Gasteiger partial charge in [-0.1, -0.05) is 194 Å². The van der Waals surface area contributed by atoms with Crippen LogP contribution in [-0.2, 0) is 0 Å². The van der Waals surface area contributed by atoms with E-state index in [4.69, 9.17) is 22.0 Å². The van der Waals surface area contributed by atoms with Gasteiger partial charge in [0.15, 0.2) is 0 Å². The molecule has 2 aliphatic carbocycles. The van der Waals surface area contributed by atoms with Gasteiger partial charge in [0, 0.05) is 60.9 Å². The number of hydrogen-bond acceptors (Lipinski definition) is 6. The molecule has 0 amide bonds. The van der Waals surface area contributed by atoms with E-state index in [0.29, 0.717) is 27.8 Å². The number of nitrogens with zero attached hydrogens (tertiary/aromatic N) is 5. The summed E-state index contributed by atoms with van der Waals surface area (Å²) in [6.07, 6.45) is -4.91. The molecule has 0 N–H and O–H groups in total. The average molecular weight is 1210 g/mol. The van der Waals surface area contributed by atoms with Gasteiger partial charge in [0.2, 0.25) is 0 Å². The fourth-order valence-corrected chi connectivity index (χ4v) is 13.1. The minimum Gasteiger partial charge on any atom is -0.455 e. The van der Waals surface area contributed by atoms with Crippen LogP contribution in [0.15, 0.2) is 281 Å². The molecule has 12 aromatic carbocycles. The number of allylic oxidation sites excluding steroid dienone is 2. The number of benzene rings is 12. The van der Waals surface area contributed by atoms with E-state index in [-0.39, 0.29) is 22.5 Å². The minimum absolute atomic E-state index is 0.104. The second-order valence-corrected chi connectivity index (χ2v) is 22.6. The van der Waals surface area contributed by atoms with Gasteiger partial charge >= 0.3 is 6.36 Å². The SMILES string of the molecule is [C-]#[N+]/C(C#N)=C1\c2cc(C)ccc2-c2cc3c(cc21)/C(=C(/C#N)[N+]#[C-])c1cc(OC(F)(F)F)ccc1-3.c1ccc(-c2ccc(-c3ccc(N(c4ccc(-c5cccc6c5oc5ccccc56)cc4)c4ccc(-c5cccc6c5oc5ccccc56)cc4)cc3)cc2)cc1. The van der Waals surface area contributed by atoms with Crippen LogP contribution in [0.3, 0.4) is 0 Å². The Morgan fingerprint density at radius 3 is 1.24 bits per heavy atom. The number of alkyl halides is 3. The van der Waals surface area contributed by atoms with Gasteiger partial charge in [-0.15, -0.1) is 13.2 Å². The lowest BCUT2D eigenvalue weighted by molar-refractivity contribution is -0.274. The van der Waals surface area contributed by atoms with Crippen molar-refractivity contribution in [2.45, 2.75) is 13.3 Å². The molecule has 2 aromatic heterocycles. The average Bonchev–Trinajstić information content (AvgIpc) is 1.56. The minimum atomic E-state index is -4.91. The Labute approximate surface area is 532 Å². The number of rotatable bonds is 8. The second-order valence-electron chi connectivity index (χ2n) is 22.6. The van der Waals surface area contributed by atoms with E-state index in [1.807, 2.05) is 67.6 Å². The van der Waals surface area contributed by atoms with E-state index in [0.717, 1.165) is 105 Å². The maximum Gasteiger partial charge on any atom is 0.573 e. The van der Waals surface area contributed by atoms with Crippen LogP contribution in [0.2, 0.25) is 0 Å². The van der Waals surface area contributed by atoms with Crippen LogP contribution >= 0.6 is 0 Å². The molecule has 0 spiro atoms. The number of fused-ring (bicyclic) bond motifs is 12. The maximum atomic E-state index is 12.9. The third kappa shape index (κ3) is 10.1. The first kappa shape index (κ1) is 56.6. The van der Waals surface area contributed by atoms with Crippen LogP contribution < -0.4 is 9.64 Å². The molecule has 11 heteroatoms. The fourth-order valence-electron chi connectivity index (χ4n) is 13.1. The Morgan fingerprint density at radius 2 is 0.774 bits per heavy atom. The topological polar surface area (TPSA) is 95.0 Å². The fraction of sp³-hybridized carbons (Fsp3) is 0.0244. The molecular formula is C82H46F3N5O3. The lowest BCUT2D eigenvalue weighted by Crippen LogP contribution is -2.17. The highest BCUT2D eigenvalue weighted by Gasteiger charge is 2.36. The lowest BCUT2D eigenvalue weighted by atomic mass is 9.94. The summed E-state index contributed by atoms with van der Waals surface area (Å²) in [4.78, 5) is 9.05. The number of hydrogen-bond donors (Lipinski definition) is 0. The summed E-state index contributed by atoms with van der Waals surface area (Å²) in [5.74, 6) is -0.470. The molecule has 16 rings (SSSR count). The van der Waals surface area contributed by atoms with Crippen LogP contribution in [-0.4, -0.2) is 6.36 Å². The largest absolute Gasteiger partial charge is 0.573 e. The normalized spacial score (nSPS) is 12.9. The highest BCUT2D eigenvalue weighted by Crippen LogP contribution is 2.55. The van der Waals surface area contributed by atoms with Crippen LogP contribution in [0.4, 0.5) is 30.2 Å². The molecule has 2 heterocycles. The molecule has 0 saturated heterocycles. The molecular weight excluding hydrogens is 1160 g/mol. The number of nitriles is 2. The van der Waals surface area contributed by atoms with E-state index in [1.165, 1.54) is 40.5 Å². The molecule has 0 radical (unpaired) electrons. The van der Waals surface area contributed by atoms with Crippen molar-refractivity contribution in [2.24, 2.45) is 0 Å². The number of anilines is 3. The number of halogens is 3. The molecule has 2 aliphatic rings. The van der Waals surface area contributed by atoms with Gasteiger partial charge in [-0.25, -0.2) is 20.2 Å². The van der Waals surface area contributed by atoms with E-state index < -0.39 is 12.1 Å². The zero-order valence-electron chi connectivity index (χ0n) is 49.4. The van der Waals surface area contributed by atoms with Crippen LogP contribution in [0.5, 0.6) is 5.75 Å². The summed E-state index contributed by atoms with van der Waals surface area (Å²) < 4.78 is 55.5. The quantitative estimate of drug-likeness (QED) is 0.111. The molecule has 438 valence electrons. The number of ether oxygens (including phenoxy) is 1. The van der Waals surface area contributed by atoms with Gasteiger partial charge in [-0.3, -0.25) is 0 Å². The first-order valence-electron chi connectivity index (χ1n) is 29.8. The van der Waals surface area contributed by atoms with Gasteiger partial charge in [-0.05, 0) is 158 Å². The van der Waals surface area contributed by atoms with E-state index in [2.05, 4.69) is 207 Å². The zero-order chi connectivity index (χ0) is 63.5. The van der Waals surface area contributed by atoms with Gasteiger partial charge in [0.1, 0.15) is 28.1 Å². The third-order valence-corrected chi connectivity index (χ3v) is 17.3. The standard InChI is InChI=1S/C54H35NO2.C28H11F3N4O/c1-2-10-36(11-3-1)37-20-22-38(23-21-37)39-24-30-42(31-25-39)55(43-32-26-40(27-33-43)45-14-8-16-49-47-12-4-6-18-51(47)56-53(45)49)44-34-28-41(29-35-44)46-15-9-17-50-48-13-5-7-19-52(48)57-54(46)50;1-14-4-6-16-18-10-19-17-7-5-15(36-28(29,30)31)9-21(17)27(25(13-33)35-3)23(19)11-22(18)26(20(16)8-14)24(12-32)34-2/h1-35H;4-11H,1H3/b;26-24+,27-25-. The van der Waals surface area contributed by atoms with Crippen molar-refractivity contribution in [1.29, 1.82) is 10.5 Å². The van der Waals surface area contributed by atoms with Gasteiger partial charge in [-0.2, -0.15) is 0 Å². The molecule has 0 saturated carbocycles. The smallest absolute Gasteiger partial charge is 0.455 e. The van der Waals surface area contributed by atoms with E-state index in [9.17, 15) is 23.7 Å². The van der Waals surface area contributed by atoms with Crippen molar-refractivity contribution >= 4 is 72.1 Å². The number of aryl methyl sites for hydroxylation is 1. The summed E-state index contributed by atoms with van der Waals surface area (Å²) in [5, 5.41) is 23.8. The molecule has 8 nitrogen and oxygen atoms in total.